The third-order valence-corrected chi connectivity index (χ3v) is 5.28. The van der Waals surface area contributed by atoms with Crippen molar-refractivity contribution in [3.63, 3.8) is 0 Å². The second kappa shape index (κ2) is 6.05. The molecule has 1 amide bonds. The number of halogens is 4. The molecule has 9 heteroatoms. The second-order valence-electron chi connectivity index (χ2n) is 6.68. The van der Waals surface area contributed by atoms with Crippen molar-refractivity contribution in [2.24, 2.45) is 0 Å². The molecule has 5 nitrogen and oxygen atoms in total. The van der Waals surface area contributed by atoms with Crippen molar-refractivity contribution in [3.8, 4) is 5.69 Å². The van der Waals surface area contributed by atoms with Crippen LogP contribution in [0.1, 0.15) is 36.7 Å². The van der Waals surface area contributed by atoms with Crippen LogP contribution in [0.4, 0.5) is 19.0 Å². The number of aromatic nitrogens is 3. The van der Waals surface area contributed by atoms with E-state index in [9.17, 15) is 18.0 Å². The first kappa shape index (κ1) is 18.0. The standard InChI is InChI=1S/C18H14BrF3N4O/c1-8(2)15-14(19)11-3-4-12(18(20,21)22)24-17(11)26(15)10-5-9-6-13(27)25-16(9)23-7-10/h3-5,7-8H,6H2,1-2H3,(H,23,25,27). The summed E-state index contributed by atoms with van der Waals surface area (Å²) in [6.45, 7) is 3.90. The number of carbonyl (C=O) groups excluding carboxylic acids is 1. The first-order chi connectivity index (χ1) is 12.7. The molecule has 0 atom stereocenters. The van der Waals surface area contributed by atoms with Crippen molar-refractivity contribution in [2.75, 3.05) is 5.32 Å². The Balaban J connectivity index is 2.02. The molecule has 4 heterocycles. The minimum Gasteiger partial charge on any atom is -0.310 e. The molecule has 0 saturated carbocycles. The van der Waals surface area contributed by atoms with Crippen molar-refractivity contribution in [1.82, 2.24) is 14.5 Å². The zero-order chi connectivity index (χ0) is 19.5. The predicted octanol–water partition coefficient (Wildman–Crippen LogP) is 4.82. The maximum atomic E-state index is 13.2. The third-order valence-electron chi connectivity index (χ3n) is 4.45. The summed E-state index contributed by atoms with van der Waals surface area (Å²) in [6, 6.07) is 4.16. The van der Waals surface area contributed by atoms with Gasteiger partial charge in [0.05, 0.1) is 18.3 Å². The Hall–Kier alpha value is -2.42. The summed E-state index contributed by atoms with van der Waals surface area (Å²) in [5.41, 5.74) is 1.30. The van der Waals surface area contributed by atoms with Crippen molar-refractivity contribution >= 4 is 38.7 Å². The lowest BCUT2D eigenvalue weighted by Gasteiger charge is -2.14. The maximum absolute atomic E-state index is 13.2. The number of anilines is 1. The van der Waals surface area contributed by atoms with Crippen LogP contribution in [0.3, 0.4) is 0 Å². The largest absolute Gasteiger partial charge is 0.433 e. The summed E-state index contributed by atoms with van der Waals surface area (Å²) in [6.07, 6.45) is -2.82. The molecule has 0 aliphatic carbocycles. The van der Waals surface area contributed by atoms with Gasteiger partial charge < -0.3 is 5.32 Å². The van der Waals surface area contributed by atoms with E-state index in [1.165, 1.54) is 12.3 Å². The van der Waals surface area contributed by atoms with Crippen LogP contribution in [-0.2, 0) is 17.4 Å². The minimum absolute atomic E-state index is 0.0101. The number of hydrogen-bond acceptors (Lipinski definition) is 3. The molecule has 1 aliphatic heterocycles. The van der Waals surface area contributed by atoms with Crippen LogP contribution in [0, 0.1) is 0 Å². The molecular formula is C18H14BrF3N4O. The molecule has 0 radical (unpaired) electrons. The highest BCUT2D eigenvalue weighted by molar-refractivity contribution is 9.10. The number of amides is 1. The number of alkyl halides is 3. The fourth-order valence-corrected chi connectivity index (χ4v) is 4.23. The quantitative estimate of drug-likeness (QED) is 0.623. The summed E-state index contributed by atoms with van der Waals surface area (Å²) in [7, 11) is 0. The van der Waals surface area contributed by atoms with E-state index in [-0.39, 0.29) is 23.9 Å². The van der Waals surface area contributed by atoms with Crippen LogP contribution < -0.4 is 5.32 Å². The Morgan fingerprint density at radius 2 is 2.04 bits per heavy atom. The molecule has 0 spiro atoms. The van der Waals surface area contributed by atoms with E-state index in [2.05, 4.69) is 31.2 Å². The summed E-state index contributed by atoms with van der Waals surface area (Å²) >= 11 is 3.52. The van der Waals surface area contributed by atoms with E-state index in [4.69, 9.17) is 0 Å². The lowest BCUT2D eigenvalue weighted by atomic mass is 10.1. The lowest BCUT2D eigenvalue weighted by molar-refractivity contribution is -0.141. The first-order valence-electron chi connectivity index (χ1n) is 8.24. The predicted molar refractivity (Wildman–Crippen MR) is 98.0 cm³/mol. The Kier molecular flexibility index (Phi) is 4.03. The average molecular weight is 439 g/mol. The van der Waals surface area contributed by atoms with E-state index in [0.717, 1.165) is 11.8 Å². The molecule has 0 aromatic carbocycles. The monoisotopic (exact) mass is 438 g/mol. The molecular weight excluding hydrogens is 425 g/mol. The number of rotatable bonds is 2. The minimum atomic E-state index is -4.54. The highest BCUT2D eigenvalue weighted by atomic mass is 79.9. The second-order valence-corrected chi connectivity index (χ2v) is 7.47. The van der Waals surface area contributed by atoms with Gasteiger partial charge in [0.25, 0.3) is 0 Å². The van der Waals surface area contributed by atoms with Gasteiger partial charge in [0.2, 0.25) is 5.91 Å². The Labute approximate surface area is 160 Å². The van der Waals surface area contributed by atoms with Crippen LogP contribution in [0.25, 0.3) is 16.7 Å². The van der Waals surface area contributed by atoms with Crippen molar-refractivity contribution < 1.29 is 18.0 Å². The van der Waals surface area contributed by atoms with Crippen LogP contribution in [0.15, 0.2) is 28.9 Å². The SMILES string of the molecule is CC(C)c1c(Br)c2ccc(C(F)(F)F)nc2n1-c1cnc2c(c1)CC(=O)N2. The van der Waals surface area contributed by atoms with E-state index in [1.54, 1.807) is 10.6 Å². The van der Waals surface area contributed by atoms with Gasteiger partial charge >= 0.3 is 6.18 Å². The molecule has 4 rings (SSSR count). The Bertz CT molecular complexity index is 1090. The molecule has 0 bridgehead atoms. The van der Waals surface area contributed by atoms with Gasteiger partial charge in [0.15, 0.2) is 0 Å². The topological polar surface area (TPSA) is 59.8 Å². The molecule has 3 aromatic rings. The van der Waals surface area contributed by atoms with Gasteiger partial charge in [-0.15, -0.1) is 0 Å². The van der Waals surface area contributed by atoms with Gasteiger partial charge in [-0.3, -0.25) is 9.36 Å². The van der Waals surface area contributed by atoms with E-state index in [0.29, 0.717) is 26.9 Å². The fraction of sp³-hybridized carbons (Fsp3) is 0.278. The zero-order valence-corrected chi connectivity index (χ0v) is 15.9. The van der Waals surface area contributed by atoms with Crippen LogP contribution in [-0.4, -0.2) is 20.4 Å². The van der Waals surface area contributed by atoms with Gasteiger partial charge in [-0.05, 0) is 40.0 Å². The van der Waals surface area contributed by atoms with E-state index in [1.807, 2.05) is 13.8 Å². The first-order valence-corrected chi connectivity index (χ1v) is 9.03. The molecule has 0 saturated heterocycles. The number of carbonyl (C=O) groups is 1. The van der Waals surface area contributed by atoms with E-state index >= 15 is 0 Å². The molecule has 1 aliphatic rings. The summed E-state index contributed by atoms with van der Waals surface area (Å²) in [5, 5.41) is 3.24. The summed E-state index contributed by atoms with van der Waals surface area (Å²) in [5.74, 6) is 0.333. The number of nitrogens with zero attached hydrogens (tertiary/aromatic N) is 3. The lowest BCUT2D eigenvalue weighted by Crippen LogP contribution is -2.09. The van der Waals surface area contributed by atoms with Crippen molar-refractivity contribution in [2.45, 2.75) is 32.4 Å². The van der Waals surface area contributed by atoms with Crippen molar-refractivity contribution in [1.29, 1.82) is 0 Å². The molecule has 0 fully saturated rings. The highest BCUT2D eigenvalue weighted by Crippen LogP contribution is 2.39. The fourth-order valence-electron chi connectivity index (χ4n) is 3.29. The van der Waals surface area contributed by atoms with Gasteiger partial charge in [0.1, 0.15) is 17.2 Å². The average Bonchev–Trinajstić information content (AvgIpc) is 3.09. The van der Waals surface area contributed by atoms with Crippen LogP contribution >= 0.6 is 15.9 Å². The smallest absolute Gasteiger partial charge is 0.310 e. The number of fused-ring (bicyclic) bond motifs is 2. The van der Waals surface area contributed by atoms with E-state index < -0.39 is 11.9 Å². The molecule has 27 heavy (non-hydrogen) atoms. The normalized spacial score (nSPS) is 14.1. The summed E-state index contributed by atoms with van der Waals surface area (Å²) in [4.78, 5) is 19.7. The van der Waals surface area contributed by atoms with Gasteiger partial charge in [-0.2, -0.15) is 13.2 Å². The Morgan fingerprint density at radius 1 is 1.30 bits per heavy atom. The maximum Gasteiger partial charge on any atom is 0.433 e. The van der Waals surface area contributed by atoms with Crippen LogP contribution in [0.5, 0.6) is 0 Å². The zero-order valence-electron chi connectivity index (χ0n) is 14.4. The van der Waals surface area contributed by atoms with Gasteiger partial charge in [-0.1, -0.05) is 13.8 Å². The van der Waals surface area contributed by atoms with Crippen LogP contribution in [0.2, 0.25) is 0 Å². The number of nitrogens with one attached hydrogen (secondary N) is 1. The number of pyridine rings is 2. The molecule has 0 unspecified atom stereocenters. The van der Waals surface area contributed by atoms with Gasteiger partial charge in [0, 0.05) is 21.1 Å². The van der Waals surface area contributed by atoms with Gasteiger partial charge in [-0.25, -0.2) is 9.97 Å². The summed E-state index contributed by atoms with van der Waals surface area (Å²) < 4.78 is 42.0. The molecule has 1 N–H and O–H groups in total. The molecule has 3 aromatic heterocycles. The number of hydrogen-bond donors (Lipinski definition) is 1. The Morgan fingerprint density at radius 3 is 2.70 bits per heavy atom. The highest BCUT2D eigenvalue weighted by Gasteiger charge is 2.34. The third kappa shape index (κ3) is 2.90. The van der Waals surface area contributed by atoms with Crippen molar-refractivity contribution in [3.05, 3.63) is 45.8 Å². The molecule has 140 valence electrons.